The van der Waals surface area contributed by atoms with E-state index >= 15 is 0 Å². The Balaban J connectivity index is 1.55. The van der Waals surface area contributed by atoms with Gasteiger partial charge in [-0.3, -0.25) is 0 Å². The van der Waals surface area contributed by atoms with Crippen molar-refractivity contribution in [3.8, 4) is 17.4 Å². The first-order chi connectivity index (χ1) is 9.88. The van der Waals surface area contributed by atoms with E-state index in [1.165, 1.54) is 11.9 Å². The lowest BCUT2D eigenvalue weighted by molar-refractivity contribution is 0.318. The minimum absolute atomic E-state index is 0.388. The second-order valence-electron chi connectivity index (χ2n) is 5.08. The standard InChI is InChI=1S/C14H10N4O2/c1-2-10-8(9-4-11(9)20-10)3-7(1)19-14-12-13(16-5-15-12)17-6-18-14/h1-3,5-6,9,11H,4H2,(H,15,16,17,18)/t9-,11-/m1/s1. The molecule has 1 saturated carbocycles. The van der Waals surface area contributed by atoms with Gasteiger partial charge >= 0.3 is 0 Å². The maximum Gasteiger partial charge on any atom is 0.248 e. The molecular weight excluding hydrogens is 256 g/mol. The number of hydrogen-bond donors (Lipinski definition) is 1. The van der Waals surface area contributed by atoms with E-state index in [1.54, 1.807) is 6.33 Å². The number of rotatable bonds is 2. The fourth-order valence-electron chi connectivity index (χ4n) is 2.71. The third-order valence-corrected chi connectivity index (χ3v) is 3.79. The molecule has 1 N–H and O–H groups in total. The van der Waals surface area contributed by atoms with Gasteiger partial charge in [-0.15, -0.1) is 0 Å². The number of fused-ring (bicyclic) bond motifs is 4. The second kappa shape index (κ2) is 3.47. The Morgan fingerprint density at radius 3 is 3.25 bits per heavy atom. The molecule has 0 spiro atoms. The Morgan fingerprint density at radius 1 is 1.25 bits per heavy atom. The Kier molecular flexibility index (Phi) is 1.77. The number of aromatic nitrogens is 4. The van der Waals surface area contributed by atoms with Gasteiger partial charge in [0, 0.05) is 11.5 Å². The number of ether oxygens (including phenoxy) is 2. The van der Waals surface area contributed by atoms with Gasteiger partial charge in [0.25, 0.3) is 0 Å². The number of benzene rings is 1. The maximum atomic E-state index is 5.86. The summed E-state index contributed by atoms with van der Waals surface area (Å²) < 4.78 is 11.6. The minimum atomic E-state index is 0.388. The first-order valence-electron chi connectivity index (χ1n) is 6.51. The van der Waals surface area contributed by atoms with E-state index < -0.39 is 0 Å². The lowest BCUT2D eigenvalue weighted by Crippen LogP contribution is -1.93. The van der Waals surface area contributed by atoms with Gasteiger partial charge in [0.2, 0.25) is 5.88 Å². The van der Waals surface area contributed by atoms with Crippen molar-refractivity contribution in [3.63, 3.8) is 0 Å². The zero-order valence-electron chi connectivity index (χ0n) is 10.4. The van der Waals surface area contributed by atoms with E-state index in [0.29, 0.717) is 29.1 Å². The smallest absolute Gasteiger partial charge is 0.248 e. The molecule has 3 heterocycles. The molecule has 0 saturated heterocycles. The van der Waals surface area contributed by atoms with Crippen molar-refractivity contribution < 1.29 is 9.47 Å². The predicted octanol–water partition coefficient (Wildman–Crippen LogP) is 2.39. The molecule has 0 bridgehead atoms. The SMILES string of the molecule is c1nc(Oc2ccc3c(c2)[C@H]2C[C@H]2O3)c2[nH]cnc2n1. The van der Waals surface area contributed by atoms with E-state index in [0.717, 1.165) is 17.9 Å². The number of nitrogens with one attached hydrogen (secondary N) is 1. The van der Waals surface area contributed by atoms with Crippen LogP contribution in [0.3, 0.4) is 0 Å². The first kappa shape index (κ1) is 10.2. The van der Waals surface area contributed by atoms with E-state index in [9.17, 15) is 0 Å². The van der Waals surface area contributed by atoms with E-state index in [-0.39, 0.29) is 0 Å². The van der Waals surface area contributed by atoms with Gasteiger partial charge in [0.15, 0.2) is 5.65 Å². The summed E-state index contributed by atoms with van der Waals surface area (Å²) in [5, 5.41) is 0. The normalized spacial score (nSPS) is 22.2. The van der Waals surface area contributed by atoms with E-state index in [1.807, 2.05) is 18.2 Å². The Morgan fingerprint density at radius 2 is 2.25 bits per heavy atom. The van der Waals surface area contributed by atoms with Crippen LogP contribution in [-0.2, 0) is 0 Å². The van der Waals surface area contributed by atoms with Gasteiger partial charge in [0.1, 0.15) is 29.4 Å². The second-order valence-corrected chi connectivity index (χ2v) is 5.08. The molecule has 1 aromatic carbocycles. The number of H-pyrrole nitrogens is 1. The van der Waals surface area contributed by atoms with Gasteiger partial charge in [-0.05, 0) is 24.6 Å². The molecule has 1 aliphatic carbocycles. The highest BCUT2D eigenvalue weighted by Crippen LogP contribution is 2.54. The highest BCUT2D eigenvalue weighted by atomic mass is 16.5. The fraction of sp³-hybridized carbons (Fsp3) is 0.214. The number of aromatic amines is 1. The maximum absolute atomic E-state index is 5.86. The number of imidazole rings is 1. The molecule has 5 rings (SSSR count). The van der Waals surface area contributed by atoms with Crippen LogP contribution in [0.1, 0.15) is 17.9 Å². The molecule has 1 fully saturated rings. The zero-order chi connectivity index (χ0) is 13.1. The molecule has 1 aliphatic heterocycles. The molecule has 2 atom stereocenters. The van der Waals surface area contributed by atoms with Crippen molar-refractivity contribution in [2.75, 3.05) is 0 Å². The molecule has 0 amide bonds. The third-order valence-electron chi connectivity index (χ3n) is 3.79. The monoisotopic (exact) mass is 266 g/mol. The highest BCUT2D eigenvalue weighted by molar-refractivity contribution is 5.75. The average molecular weight is 266 g/mol. The fourth-order valence-corrected chi connectivity index (χ4v) is 2.71. The topological polar surface area (TPSA) is 72.9 Å². The van der Waals surface area contributed by atoms with Crippen LogP contribution in [0.4, 0.5) is 0 Å². The molecule has 0 radical (unpaired) electrons. The molecular formula is C14H10N4O2. The van der Waals surface area contributed by atoms with Crippen molar-refractivity contribution in [2.45, 2.75) is 18.4 Å². The van der Waals surface area contributed by atoms with Gasteiger partial charge in [-0.1, -0.05) is 0 Å². The summed E-state index contributed by atoms with van der Waals surface area (Å²) in [6.07, 6.45) is 4.54. The van der Waals surface area contributed by atoms with Crippen LogP contribution in [0.15, 0.2) is 30.9 Å². The molecule has 0 unspecified atom stereocenters. The van der Waals surface area contributed by atoms with Crippen LogP contribution in [0.5, 0.6) is 17.4 Å². The van der Waals surface area contributed by atoms with Crippen molar-refractivity contribution >= 4 is 11.2 Å². The lowest BCUT2D eigenvalue weighted by atomic mass is 10.1. The molecule has 2 aliphatic rings. The molecule has 6 heteroatoms. The summed E-state index contributed by atoms with van der Waals surface area (Å²) in [7, 11) is 0. The van der Waals surface area contributed by atoms with Crippen molar-refractivity contribution in [1.82, 2.24) is 19.9 Å². The predicted molar refractivity (Wildman–Crippen MR) is 70.0 cm³/mol. The van der Waals surface area contributed by atoms with Crippen LogP contribution in [0.2, 0.25) is 0 Å². The van der Waals surface area contributed by atoms with Gasteiger partial charge in [-0.25, -0.2) is 9.97 Å². The van der Waals surface area contributed by atoms with Crippen LogP contribution in [-0.4, -0.2) is 26.0 Å². The Labute approximate surface area is 113 Å². The molecule has 20 heavy (non-hydrogen) atoms. The highest BCUT2D eigenvalue weighted by Gasteiger charge is 2.48. The quantitative estimate of drug-likeness (QED) is 0.771. The molecule has 3 aromatic rings. The summed E-state index contributed by atoms with van der Waals surface area (Å²) in [4.78, 5) is 15.3. The van der Waals surface area contributed by atoms with Gasteiger partial charge in [0.05, 0.1) is 6.33 Å². The third kappa shape index (κ3) is 1.36. The van der Waals surface area contributed by atoms with Crippen molar-refractivity contribution in [3.05, 3.63) is 36.4 Å². The van der Waals surface area contributed by atoms with Gasteiger partial charge < -0.3 is 14.5 Å². The van der Waals surface area contributed by atoms with Crippen LogP contribution < -0.4 is 9.47 Å². The van der Waals surface area contributed by atoms with Crippen LogP contribution in [0.25, 0.3) is 11.2 Å². The summed E-state index contributed by atoms with van der Waals surface area (Å²) in [5.41, 5.74) is 2.54. The van der Waals surface area contributed by atoms with Crippen molar-refractivity contribution in [2.24, 2.45) is 0 Å². The first-order valence-corrected chi connectivity index (χ1v) is 6.51. The summed E-state index contributed by atoms with van der Waals surface area (Å²) in [5.74, 6) is 2.77. The minimum Gasteiger partial charge on any atom is -0.489 e. The molecule has 98 valence electrons. The molecule has 2 aromatic heterocycles. The van der Waals surface area contributed by atoms with Crippen molar-refractivity contribution in [1.29, 1.82) is 0 Å². The molecule has 6 nitrogen and oxygen atoms in total. The Bertz CT molecular complexity index is 829. The largest absolute Gasteiger partial charge is 0.489 e. The summed E-state index contributed by atoms with van der Waals surface area (Å²) >= 11 is 0. The van der Waals surface area contributed by atoms with E-state index in [2.05, 4.69) is 19.9 Å². The Hall–Kier alpha value is -2.63. The number of hydrogen-bond acceptors (Lipinski definition) is 5. The van der Waals surface area contributed by atoms with Crippen LogP contribution in [0, 0.1) is 0 Å². The average Bonchev–Trinajstić information content (AvgIpc) is 2.93. The lowest BCUT2D eigenvalue weighted by Gasteiger charge is -2.08. The summed E-state index contributed by atoms with van der Waals surface area (Å²) in [6, 6.07) is 5.90. The van der Waals surface area contributed by atoms with E-state index in [4.69, 9.17) is 9.47 Å². The summed E-state index contributed by atoms with van der Waals surface area (Å²) in [6.45, 7) is 0. The van der Waals surface area contributed by atoms with Gasteiger partial charge in [-0.2, -0.15) is 4.98 Å². The zero-order valence-corrected chi connectivity index (χ0v) is 10.4. The number of nitrogens with zero attached hydrogens (tertiary/aromatic N) is 3. The van der Waals surface area contributed by atoms with Crippen LogP contribution >= 0.6 is 0 Å².